The van der Waals surface area contributed by atoms with E-state index in [9.17, 15) is 10.2 Å². The average molecular weight is 225 g/mol. The normalized spacial score (nSPS) is 14.9. The second-order valence-electron chi connectivity index (χ2n) is 4.20. The fourth-order valence-electron chi connectivity index (χ4n) is 1.46. The van der Waals surface area contributed by atoms with Crippen LogP contribution in [0.3, 0.4) is 0 Å². The molecule has 16 heavy (non-hydrogen) atoms. The topological polar surface area (TPSA) is 75.7 Å². The van der Waals surface area contributed by atoms with E-state index in [0.29, 0.717) is 11.3 Å². The summed E-state index contributed by atoms with van der Waals surface area (Å²) in [6, 6.07) is 4.39. The zero-order valence-corrected chi connectivity index (χ0v) is 9.84. The molecule has 90 valence electrons. The van der Waals surface area contributed by atoms with Gasteiger partial charge in [0.1, 0.15) is 0 Å². The Morgan fingerprint density at radius 3 is 2.44 bits per heavy atom. The fourth-order valence-corrected chi connectivity index (χ4v) is 1.46. The summed E-state index contributed by atoms with van der Waals surface area (Å²) in [5.74, 6) is 0.568. The predicted octanol–water partition coefficient (Wildman–Crippen LogP) is 1.42. The number of phenolic OH excluding ortho intramolecular Hbond substituents is 1. The van der Waals surface area contributed by atoms with E-state index in [-0.39, 0.29) is 17.7 Å². The van der Waals surface area contributed by atoms with Crippen LogP contribution in [0, 0.1) is 5.92 Å². The minimum atomic E-state index is -0.755. The number of nitrogens with two attached hydrogens (primary N) is 1. The Kier molecular flexibility index (Phi) is 4.15. The molecule has 1 aromatic carbocycles. The summed E-state index contributed by atoms with van der Waals surface area (Å²) < 4.78 is 4.97. The van der Waals surface area contributed by atoms with Crippen LogP contribution >= 0.6 is 0 Å². The fraction of sp³-hybridized carbons (Fsp3) is 0.500. The molecule has 0 saturated heterocycles. The molecule has 0 amide bonds. The highest BCUT2D eigenvalue weighted by molar-refractivity contribution is 5.42. The smallest absolute Gasteiger partial charge is 0.160 e. The number of phenols is 1. The maximum atomic E-state index is 10.0. The molecule has 0 saturated carbocycles. The number of benzene rings is 1. The maximum absolute atomic E-state index is 10.0. The van der Waals surface area contributed by atoms with Crippen LogP contribution in [-0.4, -0.2) is 23.4 Å². The number of aliphatic hydroxyl groups is 1. The summed E-state index contributed by atoms with van der Waals surface area (Å²) in [6.45, 7) is 3.90. The van der Waals surface area contributed by atoms with Gasteiger partial charge in [-0.25, -0.2) is 0 Å². The standard InChI is InChI=1S/C12H19NO3/c1-7(2)11(13)12(15)8-4-5-9(14)10(6-8)16-3/h4-7,11-12,14-15H,13H2,1-3H3. The van der Waals surface area contributed by atoms with Crippen molar-refractivity contribution in [2.45, 2.75) is 26.0 Å². The lowest BCUT2D eigenvalue weighted by Gasteiger charge is -2.22. The number of hydrogen-bond acceptors (Lipinski definition) is 4. The van der Waals surface area contributed by atoms with Crippen LogP contribution in [0.1, 0.15) is 25.5 Å². The first-order valence-corrected chi connectivity index (χ1v) is 5.28. The molecule has 0 spiro atoms. The Balaban J connectivity index is 2.96. The Morgan fingerprint density at radius 1 is 1.31 bits per heavy atom. The minimum Gasteiger partial charge on any atom is -0.504 e. The number of hydrogen-bond donors (Lipinski definition) is 3. The van der Waals surface area contributed by atoms with Crippen molar-refractivity contribution < 1.29 is 14.9 Å². The summed E-state index contributed by atoms with van der Waals surface area (Å²) in [4.78, 5) is 0. The van der Waals surface area contributed by atoms with Crippen molar-refractivity contribution in [2.75, 3.05) is 7.11 Å². The van der Waals surface area contributed by atoms with Crippen LogP contribution in [0.5, 0.6) is 11.5 Å². The Labute approximate surface area is 95.7 Å². The quantitative estimate of drug-likeness (QED) is 0.724. The Hall–Kier alpha value is -1.26. The lowest BCUT2D eigenvalue weighted by atomic mass is 9.94. The van der Waals surface area contributed by atoms with Gasteiger partial charge in [0.2, 0.25) is 0 Å². The molecule has 2 unspecified atom stereocenters. The largest absolute Gasteiger partial charge is 0.504 e. The van der Waals surface area contributed by atoms with Crippen molar-refractivity contribution in [2.24, 2.45) is 11.7 Å². The molecule has 1 aromatic rings. The SMILES string of the molecule is COc1cc(C(O)C(N)C(C)C)ccc1O. The molecule has 0 radical (unpaired) electrons. The van der Waals surface area contributed by atoms with Crippen LogP contribution in [-0.2, 0) is 0 Å². The lowest BCUT2D eigenvalue weighted by molar-refractivity contribution is 0.125. The number of aliphatic hydroxyl groups excluding tert-OH is 1. The summed E-state index contributed by atoms with van der Waals surface area (Å²) in [6.07, 6.45) is -0.755. The third kappa shape index (κ3) is 2.65. The van der Waals surface area contributed by atoms with Gasteiger partial charge in [-0.2, -0.15) is 0 Å². The van der Waals surface area contributed by atoms with Crippen molar-refractivity contribution in [3.8, 4) is 11.5 Å². The van der Waals surface area contributed by atoms with Crippen LogP contribution in [0.4, 0.5) is 0 Å². The van der Waals surface area contributed by atoms with E-state index in [0.717, 1.165) is 0 Å². The first-order chi connectivity index (χ1) is 7.47. The van der Waals surface area contributed by atoms with E-state index in [2.05, 4.69) is 0 Å². The van der Waals surface area contributed by atoms with Crippen molar-refractivity contribution >= 4 is 0 Å². The van der Waals surface area contributed by atoms with E-state index < -0.39 is 6.10 Å². The van der Waals surface area contributed by atoms with Gasteiger partial charge >= 0.3 is 0 Å². The lowest BCUT2D eigenvalue weighted by Crippen LogP contribution is -2.33. The van der Waals surface area contributed by atoms with Crippen molar-refractivity contribution in [3.63, 3.8) is 0 Å². The highest BCUT2D eigenvalue weighted by Gasteiger charge is 2.20. The number of rotatable bonds is 4. The zero-order chi connectivity index (χ0) is 12.3. The molecule has 4 N–H and O–H groups in total. The van der Waals surface area contributed by atoms with Crippen molar-refractivity contribution in [1.29, 1.82) is 0 Å². The molecule has 4 nitrogen and oxygen atoms in total. The zero-order valence-electron chi connectivity index (χ0n) is 9.84. The predicted molar refractivity (Wildman–Crippen MR) is 62.4 cm³/mol. The monoisotopic (exact) mass is 225 g/mol. The van der Waals surface area contributed by atoms with Gasteiger partial charge in [0.25, 0.3) is 0 Å². The van der Waals surface area contributed by atoms with E-state index in [4.69, 9.17) is 10.5 Å². The van der Waals surface area contributed by atoms with Crippen LogP contribution in [0.15, 0.2) is 18.2 Å². The highest BCUT2D eigenvalue weighted by Crippen LogP contribution is 2.30. The highest BCUT2D eigenvalue weighted by atomic mass is 16.5. The summed E-state index contributed by atoms with van der Waals surface area (Å²) in [7, 11) is 1.47. The maximum Gasteiger partial charge on any atom is 0.160 e. The first-order valence-electron chi connectivity index (χ1n) is 5.28. The molecule has 0 aromatic heterocycles. The summed E-state index contributed by atoms with van der Waals surface area (Å²) in [5, 5.41) is 19.4. The van der Waals surface area contributed by atoms with E-state index in [1.165, 1.54) is 13.2 Å². The molecule has 4 heteroatoms. The minimum absolute atomic E-state index is 0.0524. The molecule has 0 aliphatic carbocycles. The number of methoxy groups -OCH3 is 1. The van der Waals surface area contributed by atoms with Crippen molar-refractivity contribution in [3.05, 3.63) is 23.8 Å². The second-order valence-corrected chi connectivity index (χ2v) is 4.20. The van der Waals surface area contributed by atoms with Gasteiger partial charge in [-0.3, -0.25) is 0 Å². The van der Waals surface area contributed by atoms with E-state index in [1.807, 2.05) is 13.8 Å². The molecule has 2 atom stereocenters. The number of ether oxygens (including phenoxy) is 1. The first kappa shape index (κ1) is 12.8. The van der Waals surface area contributed by atoms with Crippen LogP contribution < -0.4 is 10.5 Å². The molecule has 0 aliphatic rings. The average Bonchev–Trinajstić information content (AvgIpc) is 2.27. The van der Waals surface area contributed by atoms with Crippen molar-refractivity contribution in [1.82, 2.24) is 0 Å². The van der Waals surface area contributed by atoms with E-state index in [1.54, 1.807) is 12.1 Å². The van der Waals surface area contributed by atoms with E-state index >= 15 is 0 Å². The van der Waals surface area contributed by atoms with Crippen LogP contribution in [0.2, 0.25) is 0 Å². The van der Waals surface area contributed by atoms with Gasteiger partial charge in [-0.1, -0.05) is 19.9 Å². The number of aromatic hydroxyl groups is 1. The Bertz CT molecular complexity index is 352. The molecule has 0 heterocycles. The molecule has 1 rings (SSSR count). The summed E-state index contributed by atoms with van der Waals surface area (Å²) in [5.41, 5.74) is 6.52. The molecule has 0 fully saturated rings. The molecular weight excluding hydrogens is 206 g/mol. The van der Waals surface area contributed by atoms with Gasteiger partial charge in [-0.15, -0.1) is 0 Å². The molecular formula is C12H19NO3. The Morgan fingerprint density at radius 2 is 1.94 bits per heavy atom. The van der Waals surface area contributed by atoms with Gasteiger partial charge < -0.3 is 20.7 Å². The third-order valence-electron chi connectivity index (χ3n) is 2.68. The third-order valence-corrected chi connectivity index (χ3v) is 2.68. The van der Waals surface area contributed by atoms with Crippen LogP contribution in [0.25, 0.3) is 0 Å². The molecule has 0 aliphatic heterocycles. The summed E-state index contributed by atoms with van der Waals surface area (Å²) >= 11 is 0. The van der Waals surface area contributed by atoms with Gasteiger partial charge in [0.05, 0.1) is 13.2 Å². The van der Waals surface area contributed by atoms with Gasteiger partial charge in [0.15, 0.2) is 11.5 Å². The molecule has 0 bridgehead atoms. The second kappa shape index (κ2) is 5.18. The van der Waals surface area contributed by atoms with Gasteiger partial charge in [0, 0.05) is 6.04 Å². The van der Waals surface area contributed by atoms with Gasteiger partial charge in [-0.05, 0) is 23.6 Å².